The molecule has 7 nitrogen and oxygen atoms in total. The quantitative estimate of drug-likeness (QED) is 0.738. The zero-order chi connectivity index (χ0) is 20.1. The van der Waals surface area contributed by atoms with Gasteiger partial charge < -0.3 is 24.2 Å². The van der Waals surface area contributed by atoms with Crippen LogP contribution in [0.1, 0.15) is 34.1 Å². The molecule has 0 saturated carbocycles. The maximum atomic E-state index is 12.2. The fraction of sp³-hybridized carbons (Fsp3) is 0.333. The minimum atomic E-state index is -0.526. The van der Waals surface area contributed by atoms with Crippen LogP contribution in [-0.2, 0) is 4.74 Å². The highest BCUT2D eigenvalue weighted by atomic mass is 16.5. The van der Waals surface area contributed by atoms with Crippen molar-refractivity contribution >= 4 is 11.9 Å². The van der Waals surface area contributed by atoms with Gasteiger partial charge in [-0.15, -0.1) is 0 Å². The lowest BCUT2D eigenvalue weighted by molar-refractivity contribution is 0.0598. The Hall–Kier alpha value is -3.06. The van der Waals surface area contributed by atoms with Gasteiger partial charge in [0.05, 0.1) is 19.3 Å². The Morgan fingerprint density at radius 1 is 1.04 bits per heavy atom. The number of hydrogen-bond donors (Lipinski definition) is 1. The molecule has 0 aliphatic carbocycles. The number of ether oxygens (including phenoxy) is 3. The van der Waals surface area contributed by atoms with Gasteiger partial charge in [-0.05, 0) is 49.7 Å². The van der Waals surface area contributed by atoms with Crippen LogP contribution in [0.5, 0.6) is 17.2 Å². The second-order valence-corrected chi connectivity index (χ2v) is 6.57. The first-order valence-electron chi connectivity index (χ1n) is 9.08. The molecule has 1 N–H and O–H groups in total. The summed E-state index contributed by atoms with van der Waals surface area (Å²) in [4.78, 5) is 25.9. The van der Waals surface area contributed by atoms with Gasteiger partial charge in [0.15, 0.2) is 0 Å². The Balaban J connectivity index is 1.78. The second kappa shape index (κ2) is 8.75. The van der Waals surface area contributed by atoms with Crippen LogP contribution in [0.3, 0.4) is 0 Å². The lowest BCUT2D eigenvalue weighted by Crippen LogP contribution is -2.41. The number of rotatable bonds is 7. The first kappa shape index (κ1) is 19.7. The van der Waals surface area contributed by atoms with Gasteiger partial charge in [-0.2, -0.15) is 0 Å². The SMILES string of the molecule is COC(=O)c1cc(Oc2ccc(C(=O)N3CCC3)cc2)cc(O[C@@H](C)CO)c1. The highest BCUT2D eigenvalue weighted by Crippen LogP contribution is 2.29. The lowest BCUT2D eigenvalue weighted by Gasteiger charge is -2.30. The average Bonchev–Trinajstić information content (AvgIpc) is 2.66. The highest BCUT2D eigenvalue weighted by Gasteiger charge is 2.21. The van der Waals surface area contributed by atoms with Crippen LogP contribution in [0.2, 0.25) is 0 Å². The summed E-state index contributed by atoms with van der Waals surface area (Å²) in [6.07, 6.45) is 0.607. The summed E-state index contributed by atoms with van der Waals surface area (Å²) < 4.78 is 16.2. The van der Waals surface area contributed by atoms with Crippen LogP contribution in [-0.4, -0.2) is 54.8 Å². The Labute approximate surface area is 163 Å². The van der Waals surface area contributed by atoms with E-state index >= 15 is 0 Å². The molecule has 0 bridgehead atoms. The summed E-state index contributed by atoms with van der Waals surface area (Å²) in [5.74, 6) is 0.763. The smallest absolute Gasteiger partial charge is 0.338 e. The number of benzene rings is 2. The first-order chi connectivity index (χ1) is 13.5. The molecule has 1 aliphatic heterocycles. The van der Waals surface area contributed by atoms with E-state index < -0.39 is 12.1 Å². The molecule has 2 aromatic carbocycles. The van der Waals surface area contributed by atoms with Gasteiger partial charge in [0.2, 0.25) is 0 Å². The second-order valence-electron chi connectivity index (χ2n) is 6.57. The van der Waals surface area contributed by atoms with Crippen LogP contribution in [0.4, 0.5) is 0 Å². The minimum absolute atomic E-state index is 0.0131. The van der Waals surface area contributed by atoms with Crippen molar-refractivity contribution in [2.45, 2.75) is 19.4 Å². The van der Waals surface area contributed by atoms with Crippen molar-refractivity contribution in [3.8, 4) is 17.2 Å². The third-order valence-electron chi connectivity index (χ3n) is 4.38. The normalized spacial score (nSPS) is 14.0. The van der Waals surface area contributed by atoms with Gasteiger partial charge in [-0.25, -0.2) is 4.79 Å². The summed E-state index contributed by atoms with van der Waals surface area (Å²) in [6.45, 7) is 3.14. The molecule has 0 radical (unpaired) electrons. The summed E-state index contributed by atoms with van der Waals surface area (Å²) in [5, 5.41) is 9.18. The zero-order valence-corrected chi connectivity index (χ0v) is 15.9. The molecule has 1 atom stereocenters. The molecule has 148 valence electrons. The monoisotopic (exact) mass is 385 g/mol. The molecule has 1 fully saturated rings. The van der Waals surface area contributed by atoms with Gasteiger partial charge in [0.25, 0.3) is 5.91 Å². The number of nitrogens with zero attached hydrogens (tertiary/aromatic N) is 1. The van der Waals surface area contributed by atoms with E-state index in [0.29, 0.717) is 22.8 Å². The van der Waals surface area contributed by atoms with Crippen molar-refractivity contribution in [1.29, 1.82) is 0 Å². The van der Waals surface area contributed by atoms with E-state index in [2.05, 4.69) is 0 Å². The molecule has 1 heterocycles. The van der Waals surface area contributed by atoms with Crippen LogP contribution < -0.4 is 9.47 Å². The maximum absolute atomic E-state index is 12.2. The minimum Gasteiger partial charge on any atom is -0.488 e. The number of likely N-dealkylation sites (tertiary alicyclic amines) is 1. The van der Waals surface area contributed by atoms with Gasteiger partial charge in [0.1, 0.15) is 23.4 Å². The van der Waals surface area contributed by atoms with Crippen molar-refractivity contribution in [1.82, 2.24) is 4.90 Å². The average molecular weight is 385 g/mol. The number of methoxy groups -OCH3 is 1. The van der Waals surface area contributed by atoms with Crippen LogP contribution >= 0.6 is 0 Å². The van der Waals surface area contributed by atoms with Gasteiger partial charge in [0, 0.05) is 24.7 Å². The molecule has 1 aliphatic rings. The third-order valence-corrected chi connectivity index (χ3v) is 4.38. The molecule has 0 aromatic heterocycles. The number of carbonyl (C=O) groups is 2. The Kier molecular flexibility index (Phi) is 6.16. The Bertz CT molecular complexity index is 844. The number of aliphatic hydroxyl groups excluding tert-OH is 1. The summed E-state index contributed by atoms with van der Waals surface area (Å²) in [6, 6.07) is 11.5. The van der Waals surface area contributed by atoms with Gasteiger partial charge in [-0.3, -0.25) is 4.79 Å². The third kappa shape index (κ3) is 4.61. The van der Waals surface area contributed by atoms with Gasteiger partial charge >= 0.3 is 5.97 Å². The lowest BCUT2D eigenvalue weighted by atomic mass is 10.1. The van der Waals surface area contributed by atoms with Crippen LogP contribution in [0.25, 0.3) is 0 Å². The molecule has 0 spiro atoms. The van der Waals surface area contributed by atoms with E-state index in [1.54, 1.807) is 48.2 Å². The summed E-state index contributed by atoms with van der Waals surface area (Å²) in [7, 11) is 1.29. The van der Waals surface area contributed by atoms with Crippen molar-refractivity contribution in [2.75, 3.05) is 26.8 Å². The van der Waals surface area contributed by atoms with E-state index in [1.165, 1.54) is 13.2 Å². The molecule has 1 amide bonds. The Morgan fingerprint density at radius 2 is 1.71 bits per heavy atom. The molecular formula is C21H23NO6. The van der Waals surface area contributed by atoms with Crippen LogP contribution in [0.15, 0.2) is 42.5 Å². The van der Waals surface area contributed by atoms with Crippen molar-refractivity contribution < 1.29 is 28.9 Å². The van der Waals surface area contributed by atoms with Crippen LogP contribution in [0, 0.1) is 0 Å². The van der Waals surface area contributed by atoms with Crippen molar-refractivity contribution in [3.63, 3.8) is 0 Å². The topological polar surface area (TPSA) is 85.3 Å². The largest absolute Gasteiger partial charge is 0.488 e. The van der Waals surface area contributed by atoms with Crippen molar-refractivity contribution in [3.05, 3.63) is 53.6 Å². The molecule has 1 saturated heterocycles. The number of amides is 1. The van der Waals surface area contributed by atoms with E-state index in [-0.39, 0.29) is 18.1 Å². The molecule has 0 unspecified atom stereocenters. The molecule has 2 aromatic rings. The number of aliphatic hydroxyl groups is 1. The first-order valence-corrected chi connectivity index (χ1v) is 9.08. The number of hydrogen-bond acceptors (Lipinski definition) is 6. The molecule has 28 heavy (non-hydrogen) atoms. The zero-order valence-electron chi connectivity index (χ0n) is 15.9. The highest BCUT2D eigenvalue weighted by molar-refractivity contribution is 5.94. The molecule has 3 rings (SSSR count). The van der Waals surface area contributed by atoms with E-state index in [1.807, 2.05) is 0 Å². The van der Waals surface area contributed by atoms with Crippen molar-refractivity contribution in [2.24, 2.45) is 0 Å². The summed E-state index contributed by atoms with van der Waals surface area (Å²) >= 11 is 0. The Morgan fingerprint density at radius 3 is 2.29 bits per heavy atom. The maximum Gasteiger partial charge on any atom is 0.338 e. The van der Waals surface area contributed by atoms with Gasteiger partial charge in [-0.1, -0.05) is 0 Å². The predicted molar refractivity (Wildman–Crippen MR) is 102 cm³/mol. The predicted octanol–water partition coefficient (Wildman–Crippen LogP) is 2.87. The number of carbonyl (C=O) groups excluding carboxylic acids is 2. The number of esters is 1. The van der Waals surface area contributed by atoms with E-state index in [4.69, 9.17) is 14.2 Å². The summed E-state index contributed by atoms with van der Waals surface area (Å²) in [5.41, 5.74) is 0.876. The standard InChI is InChI=1S/C21H23NO6/c1-14(13-23)27-18-10-16(21(25)26-2)11-19(12-18)28-17-6-4-15(5-7-17)20(24)22-8-3-9-22/h4-7,10-12,14,23H,3,8-9,13H2,1-2H3/t14-/m0/s1. The molecular weight excluding hydrogens is 362 g/mol. The molecule has 7 heteroatoms. The fourth-order valence-electron chi connectivity index (χ4n) is 2.71. The fourth-order valence-corrected chi connectivity index (χ4v) is 2.71. The van der Waals surface area contributed by atoms with E-state index in [9.17, 15) is 14.7 Å². The van der Waals surface area contributed by atoms with E-state index in [0.717, 1.165) is 19.5 Å².